The molecule has 1 saturated heterocycles. The number of para-hydroxylation sites is 2. The zero-order valence-electron chi connectivity index (χ0n) is 15.2. The number of H-pyrrole nitrogens is 1. The molecule has 0 unspecified atom stereocenters. The number of rotatable bonds is 2. The van der Waals surface area contributed by atoms with Crippen molar-refractivity contribution in [3.63, 3.8) is 0 Å². The van der Waals surface area contributed by atoms with Crippen LogP contribution in [-0.4, -0.2) is 33.5 Å². The molecule has 2 heterocycles. The second-order valence-electron chi connectivity index (χ2n) is 7.64. The largest absolute Gasteiger partial charge is 0.356 e. The van der Waals surface area contributed by atoms with Gasteiger partial charge in [-0.2, -0.15) is 5.06 Å². The van der Waals surface area contributed by atoms with Crippen LogP contribution >= 0.6 is 0 Å². The van der Waals surface area contributed by atoms with Gasteiger partial charge in [-0.05, 0) is 61.1 Å². The summed E-state index contributed by atoms with van der Waals surface area (Å²) in [6, 6.07) is 12.8. The first-order chi connectivity index (χ1) is 13.6. The number of carbonyl (C=O) groups excluding carboxylic acids is 2. The highest BCUT2D eigenvalue weighted by atomic mass is 16.5. The summed E-state index contributed by atoms with van der Waals surface area (Å²) >= 11 is 0. The van der Waals surface area contributed by atoms with Crippen LogP contribution in [0.3, 0.4) is 0 Å². The molecule has 7 heteroatoms. The fourth-order valence-corrected chi connectivity index (χ4v) is 4.38. The predicted molar refractivity (Wildman–Crippen MR) is 103 cm³/mol. The number of hydroxylamine groups is 1. The quantitative estimate of drug-likeness (QED) is 0.473. The molecule has 1 aliphatic carbocycles. The van der Waals surface area contributed by atoms with E-state index in [0.717, 1.165) is 35.9 Å². The first-order valence-electron chi connectivity index (χ1n) is 9.44. The van der Waals surface area contributed by atoms with Gasteiger partial charge in [0.25, 0.3) is 5.91 Å². The van der Waals surface area contributed by atoms with Gasteiger partial charge < -0.3 is 10.3 Å². The first kappa shape index (κ1) is 16.9. The van der Waals surface area contributed by atoms with Gasteiger partial charge in [0.05, 0.1) is 16.4 Å². The Morgan fingerprint density at radius 2 is 2.00 bits per heavy atom. The van der Waals surface area contributed by atoms with Crippen LogP contribution in [0.25, 0.3) is 11.0 Å². The molecule has 142 valence electrons. The minimum atomic E-state index is -0.558. The van der Waals surface area contributed by atoms with E-state index in [1.165, 1.54) is 0 Å². The van der Waals surface area contributed by atoms with E-state index in [-0.39, 0.29) is 17.3 Å². The SMILES string of the molecule is O=C(c1ccc2c(c1)C[C@@]1(CCNC1=O)CC2)N(O)c1nc2ccccc2[nH]1. The molecule has 3 N–H and O–H groups in total. The number of hydrogen-bond donors (Lipinski definition) is 3. The summed E-state index contributed by atoms with van der Waals surface area (Å²) in [6.07, 6.45) is 3.12. The van der Waals surface area contributed by atoms with Crippen molar-refractivity contribution >= 4 is 28.8 Å². The summed E-state index contributed by atoms with van der Waals surface area (Å²) < 4.78 is 0. The molecule has 1 fully saturated rings. The molecule has 0 radical (unpaired) electrons. The smallest absolute Gasteiger partial charge is 0.284 e. The maximum absolute atomic E-state index is 12.8. The molecule has 3 aromatic rings. The fourth-order valence-electron chi connectivity index (χ4n) is 4.38. The number of anilines is 1. The molecular formula is C21H20N4O3. The van der Waals surface area contributed by atoms with E-state index >= 15 is 0 Å². The van der Waals surface area contributed by atoms with Gasteiger partial charge in [-0.3, -0.25) is 14.8 Å². The van der Waals surface area contributed by atoms with Crippen molar-refractivity contribution < 1.29 is 14.8 Å². The second kappa shape index (κ2) is 6.17. The van der Waals surface area contributed by atoms with Gasteiger partial charge in [-0.1, -0.05) is 18.2 Å². The number of carbonyl (C=O) groups is 2. The van der Waals surface area contributed by atoms with Gasteiger partial charge in [0.2, 0.25) is 11.9 Å². The Morgan fingerprint density at radius 3 is 2.79 bits per heavy atom. The van der Waals surface area contributed by atoms with Gasteiger partial charge >= 0.3 is 0 Å². The van der Waals surface area contributed by atoms with Gasteiger partial charge in [-0.25, -0.2) is 4.98 Å². The van der Waals surface area contributed by atoms with Crippen molar-refractivity contribution in [2.75, 3.05) is 11.6 Å². The lowest BCUT2D eigenvalue weighted by molar-refractivity contribution is -0.128. The number of nitrogens with zero attached hydrogens (tertiary/aromatic N) is 2. The molecule has 1 atom stereocenters. The zero-order valence-corrected chi connectivity index (χ0v) is 15.2. The van der Waals surface area contributed by atoms with Crippen LogP contribution in [0.15, 0.2) is 42.5 Å². The average Bonchev–Trinajstić information content (AvgIpc) is 3.30. The summed E-state index contributed by atoms with van der Waals surface area (Å²) in [7, 11) is 0. The van der Waals surface area contributed by atoms with E-state index in [4.69, 9.17) is 0 Å². The minimum Gasteiger partial charge on any atom is -0.356 e. The molecule has 28 heavy (non-hydrogen) atoms. The number of hydrogen-bond acceptors (Lipinski definition) is 4. The molecule has 1 aliphatic heterocycles. The van der Waals surface area contributed by atoms with Crippen LogP contribution in [0.2, 0.25) is 0 Å². The molecule has 1 spiro atoms. The normalized spacial score (nSPS) is 21.0. The van der Waals surface area contributed by atoms with Crippen LogP contribution in [0, 0.1) is 5.41 Å². The number of fused-ring (bicyclic) bond motifs is 2. The standard InChI is InChI=1S/C21H20N4O3/c26-18(25(28)20-23-16-3-1-2-4-17(16)24-20)14-6-5-13-7-8-21(12-15(13)11-14)9-10-22-19(21)27/h1-6,11,28H,7-10,12H2,(H,22,27)(H,23,24)/t21-/m0/s1. The molecule has 7 nitrogen and oxygen atoms in total. The molecule has 0 saturated carbocycles. The number of nitrogens with one attached hydrogen (secondary N) is 2. The Balaban J connectivity index is 1.44. The van der Waals surface area contributed by atoms with Crippen LogP contribution in [0.5, 0.6) is 0 Å². The van der Waals surface area contributed by atoms with Crippen LogP contribution in [-0.2, 0) is 17.6 Å². The van der Waals surface area contributed by atoms with Crippen molar-refractivity contribution in [3.05, 3.63) is 59.2 Å². The van der Waals surface area contributed by atoms with E-state index in [1.807, 2.05) is 24.3 Å². The third-order valence-electron chi connectivity index (χ3n) is 6.00. The number of aryl methyl sites for hydroxylation is 1. The maximum Gasteiger partial charge on any atom is 0.284 e. The highest BCUT2D eigenvalue weighted by Gasteiger charge is 2.44. The minimum absolute atomic E-state index is 0.0792. The summed E-state index contributed by atoms with van der Waals surface area (Å²) in [5.41, 5.74) is 3.60. The number of aromatic amines is 1. The monoisotopic (exact) mass is 376 g/mol. The molecule has 5 rings (SSSR count). The number of amides is 2. The Labute approximate surface area is 161 Å². The van der Waals surface area contributed by atoms with E-state index in [9.17, 15) is 14.8 Å². The molecule has 1 aromatic heterocycles. The number of imidazole rings is 1. The molecule has 2 amide bonds. The van der Waals surface area contributed by atoms with Crippen molar-refractivity contribution in [1.29, 1.82) is 0 Å². The Kier molecular flexibility index (Phi) is 3.73. The van der Waals surface area contributed by atoms with Gasteiger partial charge in [0, 0.05) is 12.1 Å². The Bertz CT molecular complexity index is 1070. The van der Waals surface area contributed by atoms with Crippen molar-refractivity contribution in [2.24, 2.45) is 5.41 Å². The Hall–Kier alpha value is -3.19. The van der Waals surface area contributed by atoms with Gasteiger partial charge in [0.15, 0.2) is 0 Å². The maximum atomic E-state index is 12.8. The zero-order chi connectivity index (χ0) is 19.3. The molecular weight excluding hydrogens is 356 g/mol. The molecule has 2 aromatic carbocycles. The van der Waals surface area contributed by atoms with Crippen LogP contribution in [0.1, 0.15) is 34.3 Å². The van der Waals surface area contributed by atoms with Crippen molar-refractivity contribution in [3.8, 4) is 0 Å². The average molecular weight is 376 g/mol. The predicted octanol–water partition coefficient (Wildman–Crippen LogP) is 2.59. The summed E-state index contributed by atoms with van der Waals surface area (Å²) in [5.74, 6) is -0.367. The van der Waals surface area contributed by atoms with E-state index in [0.29, 0.717) is 29.1 Å². The van der Waals surface area contributed by atoms with E-state index in [1.54, 1.807) is 18.2 Å². The third kappa shape index (κ3) is 2.58. The third-order valence-corrected chi connectivity index (χ3v) is 6.00. The second-order valence-corrected chi connectivity index (χ2v) is 7.64. The van der Waals surface area contributed by atoms with Crippen LogP contribution in [0.4, 0.5) is 5.95 Å². The highest BCUT2D eigenvalue weighted by Crippen LogP contribution is 2.41. The fraction of sp³-hybridized carbons (Fsp3) is 0.286. The molecule has 0 bridgehead atoms. The van der Waals surface area contributed by atoms with Crippen molar-refractivity contribution in [1.82, 2.24) is 15.3 Å². The number of aromatic nitrogens is 2. The topological polar surface area (TPSA) is 98.3 Å². The van der Waals surface area contributed by atoms with Crippen LogP contribution < -0.4 is 10.4 Å². The van der Waals surface area contributed by atoms with Gasteiger partial charge in [-0.15, -0.1) is 0 Å². The summed E-state index contributed by atoms with van der Waals surface area (Å²) in [5, 5.41) is 13.9. The lowest BCUT2D eigenvalue weighted by atomic mass is 9.70. The number of benzene rings is 2. The lowest BCUT2D eigenvalue weighted by Crippen LogP contribution is -2.36. The first-order valence-corrected chi connectivity index (χ1v) is 9.44. The van der Waals surface area contributed by atoms with Gasteiger partial charge in [0.1, 0.15) is 0 Å². The van der Waals surface area contributed by atoms with Crippen molar-refractivity contribution in [2.45, 2.75) is 25.7 Å². The summed E-state index contributed by atoms with van der Waals surface area (Å²) in [4.78, 5) is 32.3. The lowest BCUT2D eigenvalue weighted by Gasteiger charge is -2.32. The van der Waals surface area contributed by atoms with E-state index in [2.05, 4.69) is 15.3 Å². The summed E-state index contributed by atoms with van der Waals surface area (Å²) in [6.45, 7) is 0.712. The molecule has 2 aliphatic rings. The highest BCUT2D eigenvalue weighted by molar-refractivity contribution is 6.04. The van der Waals surface area contributed by atoms with E-state index < -0.39 is 5.91 Å². The Morgan fingerprint density at radius 1 is 1.14 bits per heavy atom.